The van der Waals surface area contributed by atoms with E-state index in [9.17, 15) is 20.2 Å². The summed E-state index contributed by atoms with van der Waals surface area (Å²) < 4.78 is 1.53. The lowest BCUT2D eigenvalue weighted by Crippen LogP contribution is -2.30. The van der Waals surface area contributed by atoms with Gasteiger partial charge in [0.25, 0.3) is 11.4 Å². The number of aryl methyl sites for hydroxylation is 1. The standard InChI is InChI=1S/C14H14N3O5/c18-9-1-2-11-5-7-15(8-6-11)13-4-3-12(16(19)20)10-14(13)17(21)22/h3-8,10,18H,1-2,9H2/q+1. The molecule has 8 nitrogen and oxygen atoms in total. The fraction of sp³-hybridized carbons (Fsp3) is 0.214. The lowest BCUT2D eigenvalue weighted by Gasteiger charge is -2.00. The summed E-state index contributed by atoms with van der Waals surface area (Å²) in [6, 6.07) is 7.11. The molecule has 0 amide bonds. The second-order valence-electron chi connectivity index (χ2n) is 4.63. The van der Waals surface area contributed by atoms with E-state index in [0.29, 0.717) is 12.8 Å². The SMILES string of the molecule is O=[N+]([O-])c1ccc(-[n+]2ccc(CCCO)cc2)c([N+](=O)[O-])c1. The molecule has 0 unspecified atom stereocenters. The maximum absolute atomic E-state index is 11.1. The number of aliphatic hydroxyl groups is 1. The zero-order valence-corrected chi connectivity index (χ0v) is 11.6. The molecule has 0 aliphatic rings. The summed E-state index contributed by atoms with van der Waals surface area (Å²) in [5, 5.41) is 30.6. The molecule has 0 saturated heterocycles. The molecule has 1 aromatic carbocycles. The van der Waals surface area contributed by atoms with Gasteiger partial charge in [-0.15, -0.1) is 0 Å². The van der Waals surface area contributed by atoms with Crippen molar-refractivity contribution in [3.63, 3.8) is 0 Å². The Morgan fingerprint density at radius 1 is 1.05 bits per heavy atom. The van der Waals surface area contributed by atoms with Crippen molar-refractivity contribution >= 4 is 11.4 Å². The molecule has 0 fully saturated rings. The van der Waals surface area contributed by atoms with Crippen LogP contribution in [0.15, 0.2) is 42.7 Å². The monoisotopic (exact) mass is 304 g/mol. The number of rotatable bonds is 6. The molecule has 1 aromatic heterocycles. The van der Waals surface area contributed by atoms with Crippen LogP contribution >= 0.6 is 0 Å². The summed E-state index contributed by atoms with van der Waals surface area (Å²) in [6.07, 6.45) is 4.66. The van der Waals surface area contributed by atoms with Gasteiger partial charge < -0.3 is 5.11 Å². The maximum Gasteiger partial charge on any atom is 0.347 e. The molecule has 0 radical (unpaired) electrons. The van der Waals surface area contributed by atoms with E-state index < -0.39 is 9.85 Å². The van der Waals surface area contributed by atoms with Gasteiger partial charge in [-0.1, -0.05) is 0 Å². The fourth-order valence-electron chi connectivity index (χ4n) is 2.06. The lowest BCUT2D eigenvalue weighted by atomic mass is 10.1. The predicted molar refractivity (Wildman–Crippen MR) is 76.7 cm³/mol. The molecule has 0 atom stereocenters. The molecule has 2 rings (SSSR count). The summed E-state index contributed by atoms with van der Waals surface area (Å²) >= 11 is 0. The van der Waals surface area contributed by atoms with E-state index in [0.717, 1.165) is 11.6 Å². The number of nitrogens with zero attached hydrogens (tertiary/aromatic N) is 3. The third-order valence-electron chi connectivity index (χ3n) is 3.17. The smallest absolute Gasteiger partial charge is 0.347 e. The fourth-order valence-corrected chi connectivity index (χ4v) is 2.06. The highest BCUT2D eigenvalue weighted by Crippen LogP contribution is 2.24. The topological polar surface area (TPSA) is 110 Å². The summed E-state index contributed by atoms with van der Waals surface area (Å²) in [7, 11) is 0. The first-order valence-electron chi connectivity index (χ1n) is 6.57. The Labute approximate surface area is 125 Å². The molecule has 1 N–H and O–H groups in total. The van der Waals surface area contributed by atoms with Crippen LogP contribution in [0.25, 0.3) is 5.69 Å². The Morgan fingerprint density at radius 3 is 2.27 bits per heavy atom. The molecule has 1 heterocycles. The second-order valence-corrected chi connectivity index (χ2v) is 4.63. The van der Waals surface area contributed by atoms with Gasteiger partial charge >= 0.3 is 5.69 Å². The molecule has 114 valence electrons. The average Bonchev–Trinajstić information content (AvgIpc) is 2.52. The van der Waals surface area contributed by atoms with Crippen LogP contribution in [0.5, 0.6) is 0 Å². The van der Waals surface area contributed by atoms with E-state index in [2.05, 4.69) is 0 Å². The second kappa shape index (κ2) is 6.72. The van der Waals surface area contributed by atoms with Gasteiger partial charge in [-0.05, 0) is 18.4 Å². The third kappa shape index (κ3) is 3.41. The Balaban J connectivity index is 2.39. The molecule has 0 bridgehead atoms. The van der Waals surface area contributed by atoms with E-state index in [-0.39, 0.29) is 23.7 Å². The molecule has 8 heteroatoms. The number of hydrogen-bond donors (Lipinski definition) is 1. The average molecular weight is 304 g/mol. The molecule has 0 aliphatic carbocycles. The van der Waals surface area contributed by atoms with Gasteiger partial charge in [0.2, 0.25) is 0 Å². The molecule has 0 saturated carbocycles. The third-order valence-corrected chi connectivity index (χ3v) is 3.17. The first-order valence-corrected chi connectivity index (χ1v) is 6.57. The summed E-state index contributed by atoms with van der Waals surface area (Å²) in [5.41, 5.74) is 0.595. The van der Waals surface area contributed by atoms with Crippen molar-refractivity contribution in [1.29, 1.82) is 0 Å². The van der Waals surface area contributed by atoms with E-state index >= 15 is 0 Å². The van der Waals surface area contributed by atoms with Crippen molar-refractivity contribution in [1.82, 2.24) is 0 Å². The molecule has 0 spiro atoms. The Kier molecular flexibility index (Phi) is 4.74. The number of hydrogen-bond acceptors (Lipinski definition) is 5. The van der Waals surface area contributed by atoms with Crippen LogP contribution in [0, 0.1) is 20.2 Å². The normalized spacial score (nSPS) is 10.4. The van der Waals surface area contributed by atoms with Crippen molar-refractivity contribution in [2.24, 2.45) is 0 Å². The molecule has 0 aliphatic heterocycles. The van der Waals surface area contributed by atoms with Gasteiger partial charge in [0.1, 0.15) is 6.07 Å². The van der Waals surface area contributed by atoms with Crippen LogP contribution < -0.4 is 4.57 Å². The van der Waals surface area contributed by atoms with E-state index in [1.54, 1.807) is 24.5 Å². The first-order chi connectivity index (χ1) is 10.5. The Morgan fingerprint density at radius 2 is 1.73 bits per heavy atom. The maximum atomic E-state index is 11.1. The van der Waals surface area contributed by atoms with Crippen molar-refractivity contribution in [2.45, 2.75) is 12.8 Å². The highest BCUT2D eigenvalue weighted by atomic mass is 16.6. The Hall–Kier alpha value is -2.87. The van der Waals surface area contributed by atoms with Crippen LogP contribution in [0.1, 0.15) is 12.0 Å². The summed E-state index contributed by atoms with van der Waals surface area (Å²) in [5.74, 6) is 0. The van der Waals surface area contributed by atoms with Gasteiger partial charge in [0.05, 0.1) is 9.85 Å². The number of nitro groups is 2. The summed E-state index contributed by atoms with van der Waals surface area (Å²) in [6.45, 7) is 0.0999. The lowest BCUT2D eigenvalue weighted by molar-refractivity contribution is -0.601. The zero-order valence-electron chi connectivity index (χ0n) is 11.6. The number of aromatic nitrogens is 1. The summed E-state index contributed by atoms with van der Waals surface area (Å²) in [4.78, 5) is 20.5. The van der Waals surface area contributed by atoms with Gasteiger partial charge in [-0.2, -0.15) is 4.57 Å². The number of benzene rings is 1. The molecular formula is C14H14N3O5+. The number of nitro benzene ring substituents is 2. The van der Waals surface area contributed by atoms with Crippen LogP contribution in [-0.4, -0.2) is 21.6 Å². The van der Waals surface area contributed by atoms with Crippen molar-refractivity contribution < 1.29 is 19.5 Å². The van der Waals surface area contributed by atoms with Gasteiger partial charge in [-0.25, -0.2) is 0 Å². The van der Waals surface area contributed by atoms with E-state index in [4.69, 9.17) is 5.11 Å². The van der Waals surface area contributed by atoms with Gasteiger partial charge in [0, 0.05) is 30.9 Å². The molecule has 2 aromatic rings. The van der Waals surface area contributed by atoms with Crippen molar-refractivity contribution in [2.75, 3.05) is 6.61 Å². The zero-order chi connectivity index (χ0) is 16.1. The van der Waals surface area contributed by atoms with Crippen LogP contribution in [0.3, 0.4) is 0 Å². The van der Waals surface area contributed by atoms with Gasteiger partial charge in [-0.3, -0.25) is 20.2 Å². The first kappa shape index (κ1) is 15.5. The number of aliphatic hydroxyl groups excluding tert-OH is 1. The molecular weight excluding hydrogens is 290 g/mol. The predicted octanol–water partition coefficient (Wildman–Crippen LogP) is 1.70. The highest BCUT2D eigenvalue weighted by Gasteiger charge is 2.25. The van der Waals surface area contributed by atoms with Crippen LogP contribution in [0.2, 0.25) is 0 Å². The minimum Gasteiger partial charge on any atom is -0.396 e. The Bertz CT molecular complexity index is 700. The minimum atomic E-state index is -0.667. The highest BCUT2D eigenvalue weighted by molar-refractivity contribution is 5.53. The minimum absolute atomic E-state index is 0.0999. The van der Waals surface area contributed by atoms with Gasteiger partial charge in [0.15, 0.2) is 12.4 Å². The number of pyridine rings is 1. The van der Waals surface area contributed by atoms with Crippen molar-refractivity contribution in [3.8, 4) is 5.69 Å². The largest absolute Gasteiger partial charge is 0.396 e. The van der Waals surface area contributed by atoms with E-state index in [1.807, 2.05) is 0 Å². The van der Waals surface area contributed by atoms with Crippen LogP contribution in [-0.2, 0) is 6.42 Å². The number of non-ortho nitro benzene ring substituents is 1. The quantitative estimate of drug-likeness (QED) is 0.496. The van der Waals surface area contributed by atoms with Crippen LogP contribution in [0.4, 0.5) is 11.4 Å². The van der Waals surface area contributed by atoms with Crippen molar-refractivity contribution in [3.05, 3.63) is 68.5 Å². The molecule has 22 heavy (non-hydrogen) atoms. The van der Waals surface area contributed by atoms with E-state index in [1.165, 1.54) is 16.7 Å².